The number of rotatable bonds is 4. The molecule has 0 radical (unpaired) electrons. The predicted molar refractivity (Wildman–Crippen MR) is 113 cm³/mol. The summed E-state index contributed by atoms with van der Waals surface area (Å²) in [5, 5.41) is 7.00. The summed E-state index contributed by atoms with van der Waals surface area (Å²) in [4.78, 5) is 4.52. The van der Waals surface area contributed by atoms with Gasteiger partial charge in [0.2, 0.25) is 0 Å². The zero-order valence-corrected chi connectivity index (χ0v) is 16.6. The molecule has 1 atom stereocenters. The van der Waals surface area contributed by atoms with Gasteiger partial charge in [0, 0.05) is 29.6 Å². The van der Waals surface area contributed by atoms with E-state index >= 15 is 0 Å². The predicted octanol–water partition coefficient (Wildman–Crippen LogP) is 5.25. The molecule has 2 heterocycles. The molecule has 0 saturated carbocycles. The first kappa shape index (κ1) is 17.7. The Morgan fingerprint density at radius 1 is 1.04 bits per heavy atom. The second-order valence-electron chi connectivity index (χ2n) is 6.47. The van der Waals surface area contributed by atoms with Crippen molar-refractivity contribution in [1.29, 1.82) is 0 Å². The van der Waals surface area contributed by atoms with Gasteiger partial charge in [0.1, 0.15) is 5.75 Å². The highest BCUT2D eigenvalue weighted by Crippen LogP contribution is 2.34. The van der Waals surface area contributed by atoms with Gasteiger partial charge in [-0.3, -0.25) is 9.99 Å². The Morgan fingerprint density at radius 2 is 1.89 bits per heavy atom. The molecule has 0 aliphatic carbocycles. The number of hydrogen-bond donors (Lipinski definition) is 0. The number of benzene rings is 2. The number of nitrogens with zero attached hydrogens (tertiary/aromatic N) is 3. The maximum atomic E-state index is 5.42. The first-order chi connectivity index (χ1) is 13.2. The number of aromatic nitrogens is 1. The van der Waals surface area contributed by atoms with Crippen LogP contribution in [-0.2, 0) is 0 Å². The second-order valence-corrected chi connectivity index (χ2v) is 7.33. The number of para-hydroxylation sites is 1. The summed E-state index contributed by atoms with van der Waals surface area (Å²) in [6.07, 6.45) is 2.65. The Bertz CT molecular complexity index is 959. The Morgan fingerprint density at radius 3 is 2.67 bits per heavy atom. The van der Waals surface area contributed by atoms with Crippen LogP contribution in [0.15, 0.2) is 82.5 Å². The van der Waals surface area contributed by atoms with E-state index in [0.29, 0.717) is 5.92 Å². The molecule has 1 aromatic heterocycles. The quantitative estimate of drug-likeness (QED) is 0.576. The van der Waals surface area contributed by atoms with Crippen molar-refractivity contribution in [3.8, 4) is 5.75 Å². The molecule has 0 saturated heterocycles. The van der Waals surface area contributed by atoms with Gasteiger partial charge < -0.3 is 4.74 Å². The van der Waals surface area contributed by atoms with E-state index in [2.05, 4.69) is 44.1 Å². The third-order valence-corrected chi connectivity index (χ3v) is 5.40. The Labute approximate surface area is 167 Å². The fraction of sp³-hybridized carbons (Fsp3) is 0.182. The first-order valence-electron chi connectivity index (χ1n) is 8.89. The molecule has 0 N–H and O–H groups in total. The molecular formula is C22H20BrN3O. The van der Waals surface area contributed by atoms with E-state index in [4.69, 9.17) is 9.84 Å². The third-order valence-electron chi connectivity index (χ3n) is 4.73. The summed E-state index contributed by atoms with van der Waals surface area (Å²) >= 11 is 3.66. The van der Waals surface area contributed by atoms with E-state index in [1.807, 2.05) is 54.7 Å². The van der Waals surface area contributed by atoms with Crippen LogP contribution >= 0.6 is 15.9 Å². The normalized spacial score (nSPS) is 16.7. The van der Waals surface area contributed by atoms with Crippen molar-refractivity contribution in [2.24, 2.45) is 5.10 Å². The minimum Gasteiger partial charge on any atom is -0.497 e. The van der Waals surface area contributed by atoms with Crippen LogP contribution in [0.4, 0.5) is 5.69 Å². The molecule has 136 valence electrons. The number of halogens is 1. The third kappa shape index (κ3) is 3.88. The number of hydrogen-bond acceptors (Lipinski definition) is 4. The lowest BCUT2D eigenvalue weighted by Crippen LogP contribution is -2.32. The number of hydrazone groups is 1. The fourth-order valence-electron chi connectivity index (χ4n) is 3.36. The van der Waals surface area contributed by atoms with Crippen LogP contribution in [0.25, 0.3) is 0 Å². The van der Waals surface area contributed by atoms with Crippen molar-refractivity contribution in [2.45, 2.75) is 12.3 Å². The van der Waals surface area contributed by atoms with Crippen molar-refractivity contribution in [1.82, 2.24) is 4.98 Å². The van der Waals surface area contributed by atoms with E-state index in [0.717, 1.165) is 40.3 Å². The van der Waals surface area contributed by atoms with Gasteiger partial charge in [0.25, 0.3) is 0 Å². The average Bonchev–Trinajstić information content (AvgIpc) is 2.74. The van der Waals surface area contributed by atoms with E-state index in [9.17, 15) is 0 Å². The van der Waals surface area contributed by atoms with Gasteiger partial charge in [0.15, 0.2) is 0 Å². The zero-order valence-electron chi connectivity index (χ0n) is 15.0. The van der Waals surface area contributed by atoms with Gasteiger partial charge in [-0.25, -0.2) is 0 Å². The topological polar surface area (TPSA) is 37.7 Å². The molecule has 3 aromatic rings. The molecule has 2 aromatic carbocycles. The molecule has 1 aliphatic heterocycles. The zero-order chi connectivity index (χ0) is 18.6. The Balaban J connectivity index is 1.75. The van der Waals surface area contributed by atoms with E-state index in [1.54, 1.807) is 7.11 Å². The molecule has 0 fully saturated rings. The standard InChI is InChI=1S/C22H20BrN3O/c1-27-18-8-6-7-16(13-18)17-14-21(20-10-4-5-12-24-20)25-26(15-17)22-11-3-2-9-19(22)23/h2-13,17H,14-15H2,1H3. The van der Waals surface area contributed by atoms with Crippen molar-refractivity contribution < 1.29 is 4.74 Å². The molecule has 4 nitrogen and oxygen atoms in total. The lowest BCUT2D eigenvalue weighted by molar-refractivity contribution is 0.413. The summed E-state index contributed by atoms with van der Waals surface area (Å²) in [6, 6.07) is 22.4. The maximum Gasteiger partial charge on any atom is 0.119 e. The molecule has 1 unspecified atom stereocenters. The van der Waals surface area contributed by atoms with E-state index in [1.165, 1.54) is 5.56 Å². The number of methoxy groups -OCH3 is 1. The van der Waals surface area contributed by atoms with Crippen LogP contribution in [-0.4, -0.2) is 24.4 Å². The van der Waals surface area contributed by atoms with Gasteiger partial charge in [0.05, 0.1) is 24.2 Å². The van der Waals surface area contributed by atoms with Crippen LogP contribution in [0.1, 0.15) is 23.6 Å². The van der Waals surface area contributed by atoms with Gasteiger partial charge in [-0.1, -0.05) is 30.3 Å². The number of anilines is 1. The fourth-order valence-corrected chi connectivity index (χ4v) is 3.84. The average molecular weight is 422 g/mol. The van der Waals surface area contributed by atoms with Gasteiger partial charge in [-0.05, 0) is 57.9 Å². The molecule has 0 bridgehead atoms. The smallest absolute Gasteiger partial charge is 0.119 e. The minimum absolute atomic E-state index is 0.293. The summed E-state index contributed by atoms with van der Waals surface area (Å²) in [5.41, 5.74) is 4.21. The van der Waals surface area contributed by atoms with Crippen molar-refractivity contribution in [2.75, 3.05) is 18.7 Å². The molecule has 0 spiro atoms. The van der Waals surface area contributed by atoms with Gasteiger partial charge in [-0.15, -0.1) is 0 Å². The van der Waals surface area contributed by atoms with Crippen LogP contribution in [0.5, 0.6) is 5.75 Å². The molecule has 1 aliphatic rings. The Kier molecular flexibility index (Phi) is 5.21. The molecular weight excluding hydrogens is 402 g/mol. The summed E-state index contributed by atoms with van der Waals surface area (Å²) in [5.74, 6) is 1.17. The first-order valence-corrected chi connectivity index (χ1v) is 9.69. The van der Waals surface area contributed by atoms with Crippen LogP contribution in [0.2, 0.25) is 0 Å². The van der Waals surface area contributed by atoms with Crippen LogP contribution < -0.4 is 9.75 Å². The molecule has 27 heavy (non-hydrogen) atoms. The highest BCUT2D eigenvalue weighted by Gasteiger charge is 2.26. The number of ether oxygens (including phenoxy) is 1. The van der Waals surface area contributed by atoms with E-state index in [-0.39, 0.29) is 0 Å². The van der Waals surface area contributed by atoms with Crippen molar-refractivity contribution in [3.63, 3.8) is 0 Å². The summed E-state index contributed by atoms with van der Waals surface area (Å²) in [6.45, 7) is 0.798. The highest BCUT2D eigenvalue weighted by atomic mass is 79.9. The highest BCUT2D eigenvalue weighted by molar-refractivity contribution is 9.10. The SMILES string of the molecule is COc1cccc(C2CC(c3ccccn3)=NN(c3ccccc3Br)C2)c1. The summed E-state index contributed by atoms with van der Waals surface area (Å²) in [7, 11) is 1.70. The van der Waals surface area contributed by atoms with Crippen molar-refractivity contribution >= 4 is 27.3 Å². The van der Waals surface area contributed by atoms with Gasteiger partial charge in [-0.2, -0.15) is 5.10 Å². The molecule has 0 amide bonds. The lowest BCUT2D eigenvalue weighted by Gasteiger charge is -2.32. The minimum atomic E-state index is 0.293. The maximum absolute atomic E-state index is 5.42. The summed E-state index contributed by atoms with van der Waals surface area (Å²) < 4.78 is 6.45. The van der Waals surface area contributed by atoms with E-state index < -0.39 is 0 Å². The molecule has 5 heteroatoms. The monoisotopic (exact) mass is 421 g/mol. The van der Waals surface area contributed by atoms with Crippen molar-refractivity contribution in [3.05, 3.63) is 88.7 Å². The number of pyridine rings is 1. The Hall–Kier alpha value is -2.66. The lowest BCUT2D eigenvalue weighted by atomic mass is 9.90. The van der Waals surface area contributed by atoms with Gasteiger partial charge >= 0.3 is 0 Å². The van der Waals surface area contributed by atoms with Crippen LogP contribution in [0, 0.1) is 0 Å². The molecule has 4 rings (SSSR count). The largest absolute Gasteiger partial charge is 0.497 e. The van der Waals surface area contributed by atoms with Crippen LogP contribution in [0.3, 0.4) is 0 Å². The second kappa shape index (κ2) is 7.92.